The molecule has 1 heterocycles. The van der Waals surface area contributed by atoms with Gasteiger partial charge in [0.15, 0.2) is 0 Å². The average molecular weight is 447 g/mol. The summed E-state index contributed by atoms with van der Waals surface area (Å²) in [5.41, 5.74) is 3.63. The first-order valence-corrected chi connectivity index (χ1v) is 12.0. The molecule has 6 heteroatoms. The van der Waals surface area contributed by atoms with Crippen LogP contribution in [0.25, 0.3) is 0 Å². The van der Waals surface area contributed by atoms with Gasteiger partial charge in [0.1, 0.15) is 0 Å². The van der Waals surface area contributed by atoms with E-state index in [9.17, 15) is 14.4 Å². The summed E-state index contributed by atoms with van der Waals surface area (Å²) >= 11 is 0. The lowest BCUT2D eigenvalue weighted by Crippen LogP contribution is -2.53. The molecule has 3 aliphatic rings. The van der Waals surface area contributed by atoms with E-state index in [1.165, 1.54) is 0 Å². The van der Waals surface area contributed by atoms with Gasteiger partial charge in [-0.2, -0.15) is 0 Å². The van der Waals surface area contributed by atoms with Crippen molar-refractivity contribution in [3.8, 4) is 0 Å². The van der Waals surface area contributed by atoms with Crippen LogP contribution in [0.3, 0.4) is 0 Å². The van der Waals surface area contributed by atoms with E-state index in [1.54, 1.807) is 0 Å². The molecule has 2 fully saturated rings. The third kappa shape index (κ3) is 4.03. The summed E-state index contributed by atoms with van der Waals surface area (Å²) in [6, 6.07) is 15.8. The Labute approximate surface area is 194 Å². The molecule has 0 aromatic heterocycles. The highest BCUT2D eigenvalue weighted by Gasteiger charge is 2.51. The molecular formula is C27H30N2O4. The number of carboxylic acid groups (broad SMARTS) is 1. The Balaban J connectivity index is 1.56. The standard InChI is InChI=1S/C27H30N2O4/c1-17-6-4-7-18(16-17)27(33)29-22-10-3-2-8-20(22)26(21-9-5-11-23(21)29)28(19-12-13-19)24(30)14-15-25(31)32/h2-4,6-8,10,16,19,21,23,26H,5,9,11-15H2,1H3,(H,31,32). The lowest BCUT2D eigenvalue weighted by molar-refractivity contribution is -0.142. The van der Waals surface area contributed by atoms with Gasteiger partial charge in [-0.15, -0.1) is 0 Å². The lowest BCUT2D eigenvalue weighted by atomic mass is 9.81. The Morgan fingerprint density at radius 1 is 1.00 bits per heavy atom. The maximum absolute atomic E-state index is 13.8. The number of carboxylic acids is 1. The molecule has 5 rings (SSSR count). The maximum Gasteiger partial charge on any atom is 0.303 e. The number of hydrogen-bond acceptors (Lipinski definition) is 3. The number of nitrogens with zero attached hydrogens (tertiary/aromatic N) is 2. The van der Waals surface area contributed by atoms with Gasteiger partial charge in [-0.25, -0.2) is 0 Å². The number of amides is 2. The molecule has 0 saturated heterocycles. The second kappa shape index (κ2) is 8.65. The summed E-state index contributed by atoms with van der Waals surface area (Å²) in [5, 5.41) is 9.13. The summed E-state index contributed by atoms with van der Waals surface area (Å²) < 4.78 is 0. The van der Waals surface area contributed by atoms with E-state index >= 15 is 0 Å². The Morgan fingerprint density at radius 2 is 1.79 bits per heavy atom. The molecule has 0 spiro atoms. The molecule has 0 bridgehead atoms. The van der Waals surface area contributed by atoms with Crippen molar-refractivity contribution in [1.82, 2.24) is 4.90 Å². The van der Waals surface area contributed by atoms with Crippen LogP contribution in [0.4, 0.5) is 5.69 Å². The Hall–Kier alpha value is -3.15. The first-order chi connectivity index (χ1) is 16.0. The number of fused-ring (bicyclic) bond motifs is 2. The number of carbonyl (C=O) groups excluding carboxylic acids is 2. The predicted molar refractivity (Wildman–Crippen MR) is 125 cm³/mol. The summed E-state index contributed by atoms with van der Waals surface area (Å²) in [5.74, 6) is -0.861. The first kappa shape index (κ1) is 21.7. The van der Waals surface area contributed by atoms with Crippen LogP contribution in [0.2, 0.25) is 0 Å². The van der Waals surface area contributed by atoms with Crippen LogP contribution in [0.1, 0.15) is 72.5 Å². The summed E-state index contributed by atoms with van der Waals surface area (Å²) in [7, 11) is 0. The Bertz CT molecular complexity index is 1090. The molecule has 33 heavy (non-hydrogen) atoms. The summed E-state index contributed by atoms with van der Waals surface area (Å²) in [4.78, 5) is 42.1. The van der Waals surface area contributed by atoms with Crippen molar-refractivity contribution >= 4 is 23.5 Å². The van der Waals surface area contributed by atoms with Crippen LogP contribution >= 0.6 is 0 Å². The van der Waals surface area contributed by atoms with Crippen molar-refractivity contribution in [3.63, 3.8) is 0 Å². The molecule has 3 unspecified atom stereocenters. The van der Waals surface area contributed by atoms with E-state index in [2.05, 4.69) is 0 Å². The van der Waals surface area contributed by atoms with Gasteiger partial charge in [0.25, 0.3) is 5.91 Å². The van der Waals surface area contributed by atoms with Gasteiger partial charge < -0.3 is 14.9 Å². The molecule has 2 amide bonds. The van der Waals surface area contributed by atoms with Crippen LogP contribution in [0, 0.1) is 12.8 Å². The van der Waals surface area contributed by atoms with Gasteiger partial charge in [0.2, 0.25) is 5.91 Å². The number of benzene rings is 2. The van der Waals surface area contributed by atoms with Gasteiger partial charge in [-0.05, 0) is 56.4 Å². The molecule has 2 aliphatic carbocycles. The number of hydrogen-bond donors (Lipinski definition) is 1. The van der Waals surface area contributed by atoms with E-state index in [1.807, 2.05) is 65.3 Å². The molecule has 6 nitrogen and oxygen atoms in total. The lowest BCUT2D eigenvalue weighted by Gasteiger charge is -2.48. The highest BCUT2D eigenvalue weighted by Crippen LogP contribution is 2.52. The number of carbonyl (C=O) groups is 3. The summed E-state index contributed by atoms with van der Waals surface area (Å²) in [6.45, 7) is 1.99. The SMILES string of the molecule is Cc1cccc(C(=O)N2c3ccccc3C(N(C(=O)CCC(=O)O)C3CC3)C3CCCC32)c1. The molecular weight excluding hydrogens is 416 g/mol. The Kier molecular flexibility index (Phi) is 5.69. The van der Waals surface area contributed by atoms with Crippen molar-refractivity contribution in [3.05, 3.63) is 65.2 Å². The Morgan fingerprint density at radius 3 is 2.52 bits per heavy atom. The van der Waals surface area contributed by atoms with Crippen molar-refractivity contribution in [2.24, 2.45) is 5.92 Å². The molecule has 0 radical (unpaired) electrons. The zero-order chi connectivity index (χ0) is 23.1. The minimum atomic E-state index is -0.947. The highest BCUT2D eigenvalue weighted by atomic mass is 16.4. The number of aryl methyl sites for hydroxylation is 1. The van der Waals surface area contributed by atoms with E-state index in [-0.39, 0.29) is 48.7 Å². The highest BCUT2D eigenvalue weighted by molar-refractivity contribution is 6.07. The van der Waals surface area contributed by atoms with E-state index < -0.39 is 5.97 Å². The zero-order valence-electron chi connectivity index (χ0n) is 18.9. The number of para-hydroxylation sites is 1. The van der Waals surface area contributed by atoms with Crippen molar-refractivity contribution in [2.45, 2.75) is 70.0 Å². The topological polar surface area (TPSA) is 77.9 Å². The molecule has 172 valence electrons. The van der Waals surface area contributed by atoms with E-state index in [4.69, 9.17) is 5.11 Å². The smallest absolute Gasteiger partial charge is 0.303 e. The average Bonchev–Trinajstić information content (AvgIpc) is 3.52. The van der Waals surface area contributed by atoms with E-state index in [0.29, 0.717) is 5.56 Å². The zero-order valence-corrected chi connectivity index (χ0v) is 18.9. The molecule has 2 saturated carbocycles. The molecule has 1 aliphatic heterocycles. The first-order valence-electron chi connectivity index (χ1n) is 12.0. The third-order valence-electron chi connectivity index (χ3n) is 7.35. The second-order valence-corrected chi connectivity index (χ2v) is 9.64. The number of rotatable bonds is 6. The van der Waals surface area contributed by atoms with Gasteiger partial charge >= 0.3 is 5.97 Å². The van der Waals surface area contributed by atoms with Crippen LogP contribution in [0.15, 0.2) is 48.5 Å². The monoisotopic (exact) mass is 446 g/mol. The summed E-state index contributed by atoms with van der Waals surface area (Å²) in [6.07, 6.45) is 4.67. The minimum Gasteiger partial charge on any atom is -0.481 e. The number of anilines is 1. The van der Waals surface area contributed by atoms with Crippen molar-refractivity contribution in [2.75, 3.05) is 4.90 Å². The molecule has 2 aromatic carbocycles. The fraction of sp³-hybridized carbons (Fsp3) is 0.444. The predicted octanol–water partition coefficient (Wildman–Crippen LogP) is 4.72. The fourth-order valence-electron chi connectivity index (χ4n) is 5.84. The van der Waals surface area contributed by atoms with Crippen LogP contribution in [-0.4, -0.2) is 39.9 Å². The van der Waals surface area contributed by atoms with Crippen LogP contribution in [-0.2, 0) is 9.59 Å². The second-order valence-electron chi connectivity index (χ2n) is 9.64. The van der Waals surface area contributed by atoms with Gasteiger partial charge in [-0.1, -0.05) is 42.3 Å². The van der Waals surface area contributed by atoms with E-state index in [0.717, 1.165) is 48.9 Å². The molecule has 2 aromatic rings. The van der Waals surface area contributed by atoms with Crippen LogP contribution in [0.5, 0.6) is 0 Å². The molecule has 1 N–H and O–H groups in total. The largest absolute Gasteiger partial charge is 0.481 e. The fourth-order valence-corrected chi connectivity index (χ4v) is 5.84. The third-order valence-corrected chi connectivity index (χ3v) is 7.35. The number of aliphatic carboxylic acids is 1. The van der Waals surface area contributed by atoms with Crippen molar-refractivity contribution in [1.29, 1.82) is 0 Å². The quantitative estimate of drug-likeness (QED) is 0.696. The molecule has 3 atom stereocenters. The van der Waals surface area contributed by atoms with Crippen molar-refractivity contribution < 1.29 is 19.5 Å². The minimum absolute atomic E-state index is 0.0108. The van der Waals surface area contributed by atoms with Crippen LogP contribution < -0.4 is 4.90 Å². The van der Waals surface area contributed by atoms with Gasteiger partial charge in [0.05, 0.1) is 12.5 Å². The van der Waals surface area contributed by atoms with Gasteiger partial charge in [-0.3, -0.25) is 14.4 Å². The normalized spacial score (nSPS) is 23.5. The maximum atomic E-state index is 13.8. The van der Waals surface area contributed by atoms with Gasteiger partial charge in [0, 0.05) is 35.7 Å².